The van der Waals surface area contributed by atoms with Gasteiger partial charge in [-0.05, 0) is 31.6 Å². The van der Waals surface area contributed by atoms with Crippen LogP contribution in [0.3, 0.4) is 0 Å². The molecular formula is C14H27N3O3S. The number of hydrogen-bond acceptors (Lipinski definition) is 3. The van der Waals surface area contributed by atoms with E-state index in [-0.39, 0.29) is 17.7 Å². The van der Waals surface area contributed by atoms with Gasteiger partial charge in [0, 0.05) is 39.1 Å². The molecule has 1 N–H and O–H groups in total. The van der Waals surface area contributed by atoms with Crippen molar-refractivity contribution in [3.63, 3.8) is 0 Å². The van der Waals surface area contributed by atoms with Gasteiger partial charge in [0.2, 0.25) is 5.91 Å². The van der Waals surface area contributed by atoms with Crippen molar-refractivity contribution in [1.82, 2.24) is 13.9 Å². The highest BCUT2D eigenvalue weighted by atomic mass is 32.2. The van der Waals surface area contributed by atoms with E-state index in [0.29, 0.717) is 26.2 Å². The summed E-state index contributed by atoms with van der Waals surface area (Å²) in [6.45, 7) is 3.99. The molecule has 1 amide bonds. The highest BCUT2D eigenvalue weighted by Gasteiger charge is 2.32. The van der Waals surface area contributed by atoms with Gasteiger partial charge < -0.3 is 5.32 Å². The summed E-state index contributed by atoms with van der Waals surface area (Å²) in [6.07, 6.45) is 4.99. The molecule has 0 spiro atoms. The molecule has 0 aromatic heterocycles. The molecule has 7 heteroatoms. The zero-order valence-electron chi connectivity index (χ0n) is 13.0. The van der Waals surface area contributed by atoms with E-state index in [1.54, 1.807) is 11.4 Å². The lowest BCUT2D eigenvalue weighted by Gasteiger charge is -2.34. The van der Waals surface area contributed by atoms with E-state index in [4.69, 9.17) is 0 Å². The maximum Gasteiger partial charge on any atom is 0.281 e. The van der Waals surface area contributed by atoms with Crippen molar-refractivity contribution < 1.29 is 13.2 Å². The Labute approximate surface area is 128 Å². The predicted octanol–water partition coefficient (Wildman–Crippen LogP) is 0.811. The molecule has 1 aliphatic carbocycles. The summed E-state index contributed by atoms with van der Waals surface area (Å²) in [5.74, 6) is 0.564. The molecule has 0 radical (unpaired) electrons. The lowest BCUT2D eigenvalue weighted by molar-refractivity contribution is -0.127. The Kier molecular flexibility index (Phi) is 5.62. The van der Waals surface area contributed by atoms with Gasteiger partial charge in [-0.2, -0.15) is 17.0 Å². The molecule has 21 heavy (non-hydrogen) atoms. The normalized spacial score (nSPS) is 24.8. The average Bonchev–Trinajstić information content (AvgIpc) is 2.42. The van der Waals surface area contributed by atoms with Gasteiger partial charge in [0.15, 0.2) is 0 Å². The molecular weight excluding hydrogens is 290 g/mol. The van der Waals surface area contributed by atoms with E-state index in [0.717, 1.165) is 32.1 Å². The second-order valence-corrected chi connectivity index (χ2v) is 8.20. The largest absolute Gasteiger partial charge is 0.356 e. The van der Waals surface area contributed by atoms with Crippen LogP contribution in [-0.4, -0.2) is 56.2 Å². The zero-order chi connectivity index (χ0) is 15.5. The van der Waals surface area contributed by atoms with E-state index in [1.807, 2.05) is 6.92 Å². The van der Waals surface area contributed by atoms with Crippen molar-refractivity contribution in [2.24, 2.45) is 11.8 Å². The Morgan fingerprint density at radius 1 is 1.29 bits per heavy atom. The third-order valence-corrected chi connectivity index (χ3v) is 6.72. The Balaban J connectivity index is 1.84. The standard InChI is InChI=1S/C14H27N3O3S/c1-3-16(2)21(19,20)17-9-5-6-12(11-17)10-15-14(18)13-7-4-8-13/h12-13H,3-11H2,1-2H3,(H,15,18). The second kappa shape index (κ2) is 7.07. The fourth-order valence-electron chi connectivity index (χ4n) is 2.82. The monoisotopic (exact) mass is 317 g/mol. The molecule has 1 atom stereocenters. The van der Waals surface area contributed by atoms with Gasteiger partial charge in [-0.1, -0.05) is 13.3 Å². The van der Waals surface area contributed by atoms with Crippen LogP contribution in [0.25, 0.3) is 0 Å². The van der Waals surface area contributed by atoms with Gasteiger partial charge in [-0.15, -0.1) is 0 Å². The maximum atomic E-state index is 12.3. The van der Waals surface area contributed by atoms with E-state index in [9.17, 15) is 13.2 Å². The van der Waals surface area contributed by atoms with Crippen LogP contribution >= 0.6 is 0 Å². The van der Waals surface area contributed by atoms with Crippen LogP contribution in [0.15, 0.2) is 0 Å². The minimum absolute atomic E-state index is 0.145. The van der Waals surface area contributed by atoms with Crippen LogP contribution in [0.1, 0.15) is 39.0 Å². The first kappa shape index (κ1) is 16.7. The van der Waals surface area contributed by atoms with Crippen LogP contribution < -0.4 is 5.32 Å². The number of piperidine rings is 1. The summed E-state index contributed by atoms with van der Waals surface area (Å²) in [5.41, 5.74) is 0. The fraction of sp³-hybridized carbons (Fsp3) is 0.929. The summed E-state index contributed by atoms with van der Waals surface area (Å²) in [7, 11) is -1.73. The van der Waals surface area contributed by atoms with Crippen LogP contribution in [0.5, 0.6) is 0 Å². The minimum atomic E-state index is -3.34. The fourth-order valence-corrected chi connectivity index (χ4v) is 4.30. The van der Waals surface area contributed by atoms with Crippen molar-refractivity contribution in [3.05, 3.63) is 0 Å². The zero-order valence-corrected chi connectivity index (χ0v) is 13.9. The molecule has 0 aromatic carbocycles. The Morgan fingerprint density at radius 2 is 2.00 bits per heavy atom. The SMILES string of the molecule is CCN(C)S(=O)(=O)N1CCCC(CNC(=O)C2CCC2)C1. The Morgan fingerprint density at radius 3 is 2.57 bits per heavy atom. The first-order valence-corrected chi connectivity index (χ1v) is 9.34. The van der Waals surface area contributed by atoms with E-state index in [1.165, 1.54) is 4.31 Å². The lowest BCUT2D eigenvalue weighted by atomic mass is 9.84. The van der Waals surface area contributed by atoms with Crippen LogP contribution in [0, 0.1) is 11.8 Å². The number of hydrogen-bond donors (Lipinski definition) is 1. The molecule has 1 heterocycles. The van der Waals surface area contributed by atoms with Crippen LogP contribution in [0.2, 0.25) is 0 Å². The van der Waals surface area contributed by atoms with Gasteiger partial charge in [0.25, 0.3) is 10.2 Å². The molecule has 122 valence electrons. The third kappa shape index (κ3) is 3.96. The molecule has 1 aliphatic heterocycles. The molecule has 2 aliphatic rings. The minimum Gasteiger partial charge on any atom is -0.356 e. The second-order valence-electron chi connectivity index (χ2n) is 6.16. The number of nitrogens with one attached hydrogen (secondary N) is 1. The van der Waals surface area contributed by atoms with E-state index >= 15 is 0 Å². The first-order valence-electron chi connectivity index (χ1n) is 7.94. The Bertz CT molecular complexity index is 462. The summed E-state index contributed by atoms with van der Waals surface area (Å²) < 4.78 is 27.6. The van der Waals surface area contributed by atoms with Crippen molar-refractivity contribution in [2.45, 2.75) is 39.0 Å². The summed E-state index contributed by atoms with van der Waals surface area (Å²) >= 11 is 0. The Hall–Kier alpha value is -0.660. The van der Waals surface area contributed by atoms with Crippen molar-refractivity contribution in [1.29, 1.82) is 0 Å². The molecule has 6 nitrogen and oxygen atoms in total. The average molecular weight is 317 g/mol. The predicted molar refractivity (Wildman–Crippen MR) is 81.9 cm³/mol. The van der Waals surface area contributed by atoms with Gasteiger partial charge >= 0.3 is 0 Å². The number of amides is 1. The maximum absolute atomic E-state index is 12.3. The van der Waals surface area contributed by atoms with Gasteiger partial charge in [0.05, 0.1) is 0 Å². The number of carbonyl (C=O) groups excluding carboxylic acids is 1. The van der Waals surface area contributed by atoms with Crippen LogP contribution in [-0.2, 0) is 15.0 Å². The number of rotatable bonds is 6. The molecule has 0 aromatic rings. The summed E-state index contributed by atoms with van der Waals surface area (Å²) in [6, 6.07) is 0. The van der Waals surface area contributed by atoms with Crippen molar-refractivity contribution in [2.75, 3.05) is 33.2 Å². The quantitative estimate of drug-likeness (QED) is 0.788. The van der Waals surface area contributed by atoms with E-state index in [2.05, 4.69) is 5.32 Å². The van der Waals surface area contributed by atoms with E-state index < -0.39 is 10.2 Å². The van der Waals surface area contributed by atoms with Crippen molar-refractivity contribution >= 4 is 16.1 Å². The first-order chi connectivity index (χ1) is 9.95. The molecule has 1 saturated carbocycles. The highest BCUT2D eigenvalue weighted by molar-refractivity contribution is 7.86. The highest BCUT2D eigenvalue weighted by Crippen LogP contribution is 2.26. The smallest absolute Gasteiger partial charge is 0.281 e. The molecule has 1 saturated heterocycles. The topological polar surface area (TPSA) is 69.7 Å². The molecule has 1 unspecified atom stereocenters. The number of carbonyl (C=O) groups is 1. The van der Waals surface area contributed by atoms with Crippen molar-refractivity contribution in [3.8, 4) is 0 Å². The molecule has 2 fully saturated rings. The summed E-state index contributed by atoms with van der Waals surface area (Å²) in [5, 5.41) is 3.00. The lowest BCUT2D eigenvalue weighted by Crippen LogP contribution is -2.49. The number of nitrogens with zero attached hydrogens (tertiary/aromatic N) is 2. The van der Waals surface area contributed by atoms with Crippen LogP contribution in [0.4, 0.5) is 0 Å². The third-order valence-electron chi connectivity index (χ3n) is 4.69. The van der Waals surface area contributed by atoms with Gasteiger partial charge in [-0.25, -0.2) is 0 Å². The molecule has 0 bridgehead atoms. The van der Waals surface area contributed by atoms with Gasteiger partial charge in [0.1, 0.15) is 0 Å². The summed E-state index contributed by atoms with van der Waals surface area (Å²) in [4.78, 5) is 11.8. The molecule has 2 rings (SSSR count). The van der Waals surface area contributed by atoms with Gasteiger partial charge in [-0.3, -0.25) is 4.79 Å².